The maximum Gasteiger partial charge on any atom is 0.265 e. The summed E-state index contributed by atoms with van der Waals surface area (Å²) in [6.07, 6.45) is 0.102. The van der Waals surface area contributed by atoms with Crippen LogP contribution in [-0.4, -0.2) is 33.8 Å². The number of pyridine rings is 2. The molecule has 6 nitrogen and oxygen atoms in total. The van der Waals surface area contributed by atoms with Gasteiger partial charge in [-0.05, 0) is 35.7 Å². The van der Waals surface area contributed by atoms with E-state index >= 15 is 0 Å². The van der Waals surface area contributed by atoms with Gasteiger partial charge < -0.3 is 19.6 Å². The molecule has 4 heterocycles. The number of carbonyl (C=O) groups is 1. The largest absolute Gasteiger partial charge is 0.333 e. The maximum atomic E-state index is 14.1. The molecule has 1 aliphatic heterocycles. The Labute approximate surface area is 184 Å². The topological polar surface area (TPSA) is 69.6 Å². The molecule has 0 radical (unpaired) electrons. The highest BCUT2D eigenvalue weighted by Gasteiger charge is 2.31. The number of amides is 1. The number of aromatic amines is 1. The molecule has 0 spiro atoms. The Hall–Kier alpha value is -3.66. The summed E-state index contributed by atoms with van der Waals surface area (Å²) in [6, 6.07) is 5.64. The van der Waals surface area contributed by atoms with Gasteiger partial charge in [0.2, 0.25) is 0 Å². The van der Waals surface area contributed by atoms with Gasteiger partial charge in [-0.15, -0.1) is 0 Å². The highest BCUT2D eigenvalue weighted by molar-refractivity contribution is 5.96. The average Bonchev–Trinajstić information content (AvgIpc) is 3.22. The molecule has 3 aromatic heterocycles. The Bertz CT molecular complexity index is 1480. The van der Waals surface area contributed by atoms with Gasteiger partial charge in [0.1, 0.15) is 0 Å². The number of nitrogens with zero attached hydrogens (tertiary/aromatic N) is 2. The third kappa shape index (κ3) is 3.46. The summed E-state index contributed by atoms with van der Waals surface area (Å²) in [4.78, 5) is 29.8. The molecular formula is C23H18F4N4O2. The van der Waals surface area contributed by atoms with Crippen molar-refractivity contribution < 1.29 is 22.4 Å². The summed E-state index contributed by atoms with van der Waals surface area (Å²) in [7, 11) is 1.56. The monoisotopic (exact) mass is 458 g/mol. The van der Waals surface area contributed by atoms with Crippen molar-refractivity contribution in [2.45, 2.75) is 19.0 Å². The number of halogens is 4. The molecule has 5 rings (SSSR count). The van der Waals surface area contributed by atoms with Crippen molar-refractivity contribution in [1.29, 1.82) is 0 Å². The quantitative estimate of drug-likeness (QED) is 0.458. The lowest BCUT2D eigenvalue weighted by atomic mass is 9.93. The Morgan fingerprint density at radius 3 is 2.58 bits per heavy atom. The number of alkyl halides is 2. The van der Waals surface area contributed by atoms with E-state index in [1.165, 1.54) is 33.8 Å². The van der Waals surface area contributed by atoms with Crippen molar-refractivity contribution in [2.24, 2.45) is 0 Å². The van der Waals surface area contributed by atoms with Crippen molar-refractivity contribution in [3.63, 3.8) is 0 Å². The molecule has 10 heteroatoms. The fraction of sp³-hybridized carbons (Fsp3) is 0.217. The zero-order chi connectivity index (χ0) is 23.4. The predicted molar refractivity (Wildman–Crippen MR) is 113 cm³/mol. The molecule has 2 N–H and O–H groups in total. The van der Waals surface area contributed by atoms with E-state index in [0.717, 1.165) is 12.1 Å². The maximum absolute atomic E-state index is 14.1. The van der Waals surface area contributed by atoms with Crippen molar-refractivity contribution >= 4 is 22.2 Å². The van der Waals surface area contributed by atoms with Crippen LogP contribution in [0.2, 0.25) is 0 Å². The van der Waals surface area contributed by atoms with E-state index in [1.54, 1.807) is 13.1 Å². The van der Waals surface area contributed by atoms with Crippen molar-refractivity contribution in [1.82, 2.24) is 19.6 Å². The summed E-state index contributed by atoms with van der Waals surface area (Å²) < 4.78 is 55.3. The zero-order valence-electron chi connectivity index (χ0n) is 17.3. The summed E-state index contributed by atoms with van der Waals surface area (Å²) >= 11 is 0. The Morgan fingerprint density at radius 1 is 1.12 bits per heavy atom. The lowest BCUT2D eigenvalue weighted by Gasteiger charge is -2.34. The van der Waals surface area contributed by atoms with Crippen molar-refractivity contribution in [3.8, 4) is 0 Å². The number of likely N-dealkylation sites (N-methyl/N-ethyl adjacent to an activating group) is 1. The number of aromatic nitrogens is 2. The van der Waals surface area contributed by atoms with Crippen LogP contribution < -0.4 is 10.9 Å². The molecule has 0 saturated carbocycles. The second kappa shape index (κ2) is 7.73. The van der Waals surface area contributed by atoms with Gasteiger partial charge in [0.15, 0.2) is 11.6 Å². The number of hydrogen-bond acceptors (Lipinski definition) is 3. The average molecular weight is 458 g/mol. The molecule has 0 fully saturated rings. The summed E-state index contributed by atoms with van der Waals surface area (Å²) in [5, 5.41) is 3.36. The molecule has 0 bridgehead atoms. The van der Waals surface area contributed by atoms with Gasteiger partial charge in [0, 0.05) is 54.9 Å². The zero-order valence-corrected chi connectivity index (χ0v) is 17.3. The molecule has 1 unspecified atom stereocenters. The smallest absolute Gasteiger partial charge is 0.265 e. The minimum Gasteiger partial charge on any atom is -0.333 e. The van der Waals surface area contributed by atoms with Crippen LogP contribution in [0.15, 0.2) is 47.5 Å². The van der Waals surface area contributed by atoms with Gasteiger partial charge in [0.05, 0.1) is 17.0 Å². The number of benzene rings is 1. The minimum absolute atomic E-state index is 0.00506. The molecule has 1 amide bonds. The summed E-state index contributed by atoms with van der Waals surface area (Å²) in [5.41, 5.74) is 1.15. The van der Waals surface area contributed by atoms with Gasteiger partial charge in [-0.2, -0.15) is 0 Å². The molecule has 1 aromatic carbocycles. The van der Waals surface area contributed by atoms with Crippen LogP contribution in [0.4, 0.5) is 17.6 Å². The van der Waals surface area contributed by atoms with E-state index in [1.807, 2.05) is 0 Å². The minimum atomic E-state index is -2.64. The number of rotatable bonds is 3. The first-order valence-electron chi connectivity index (χ1n) is 10.2. The van der Waals surface area contributed by atoms with E-state index in [-0.39, 0.29) is 27.8 Å². The highest BCUT2D eigenvalue weighted by Crippen LogP contribution is 2.33. The lowest BCUT2D eigenvalue weighted by molar-refractivity contribution is 0.0723. The van der Waals surface area contributed by atoms with Crippen LogP contribution in [0.1, 0.15) is 39.6 Å². The second-order valence-electron chi connectivity index (χ2n) is 8.05. The van der Waals surface area contributed by atoms with E-state index in [0.29, 0.717) is 29.9 Å². The Balaban J connectivity index is 1.58. The lowest BCUT2D eigenvalue weighted by Crippen LogP contribution is -2.42. The van der Waals surface area contributed by atoms with Crippen LogP contribution in [0.25, 0.3) is 16.3 Å². The molecular weight excluding hydrogens is 440 g/mol. The van der Waals surface area contributed by atoms with Gasteiger partial charge in [-0.1, -0.05) is 0 Å². The fourth-order valence-corrected chi connectivity index (χ4v) is 4.40. The summed E-state index contributed by atoms with van der Waals surface area (Å²) in [6.45, 7) is 0.614. The van der Waals surface area contributed by atoms with E-state index in [9.17, 15) is 27.2 Å². The molecule has 4 aromatic rings. The number of H-pyrrole nitrogens is 1. The first-order chi connectivity index (χ1) is 15.7. The highest BCUT2D eigenvalue weighted by atomic mass is 19.3. The van der Waals surface area contributed by atoms with Crippen molar-refractivity contribution in [2.75, 3.05) is 13.6 Å². The molecule has 1 aliphatic rings. The van der Waals surface area contributed by atoms with Crippen LogP contribution >= 0.6 is 0 Å². The van der Waals surface area contributed by atoms with Crippen LogP contribution in [-0.2, 0) is 6.54 Å². The Kier molecular flexibility index (Phi) is 4.97. The third-order valence-corrected chi connectivity index (χ3v) is 6.06. The SMILES string of the molecule is CN(C(=O)c1cc2ccc(C(F)F)cn2c1)C1CNCc2[nH]c(=O)c3cc(F)c(F)cc3c21. The molecule has 170 valence electrons. The van der Waals surface area contributed by atoms with E-state index in [4.69, 9.17) is 0 Å². The van der Waals surface area contributed by atoms with Gasteiger partial charge in [-0.3, -0.25) is 9.59 Å². The second-order valence-corrected chi connectivity index (χ2v) is 8.05. The normalized spacial score (nSPS) is 15.9. The molecule has 0 aliphatic carbocycles. The van der Waals surface area contributed by atoms with Gasteiger partial charge in [0.25, 0.3) is 17.9 Å². The number of fused-ring (bicyclic) bond motifs is 4. The number of nitrogens with one attached hydrogen (secondary N) is 2. The summed E-state index contributed by atoms with van der Waals surface area (Å²) in [5.74, 6) is -2.61. The fourth-order valence-electron chi connectivity index (χ4n) is 4.40. The standard InChI is InChI=1S/C23H18F4N4O2/c1-30(23(33)12-4-13-3-2-11(21(26)27)9-31(13)10-12)19-8-28-7-18-20(19)14-5-16(24)17(25)6-15(14)22(32)29-18/h2-6,9-10,19,21,28H,7-8H2,1H3,(H,29,32). The van der Waals surface area contributed by atoms with E-state index in [2.05, 4.69) is 10.3 Å². The van der Waals surface area contributed by atoms with E-state index < -0.39 is 29.7 Å². The van der Waals surface area contributed by atoms with Gasteiger partial charge >= 0.3 is 0 Å². The third-order valence-electron chi connectivity index (χ3n) is 6.06. The van der Waals surface area contributed by atoms with Gasteiger partial charge in [-0.25, -0.2) is 17.6 Å². The predicted octanol–water partition coefficient (Wildman–Crippen LogP) is 3.91. The van der Waals surface area contributed by atoms with Crippen molar-refractivity contribution in [3.05, 3.63) is 87.1 Å². The van der Waals surface area contributed by atoms with Crippen LogP contribution in [0.5, 0.6) is 0 Å². The molecule has 0 saturated heterocycles. The van der Waals surface area contributed by atoms with Crippen LogP contribution in [0, 0.1) is 11.6 Å². The first-order valence-corrected chi connectivity index (χ1v) is 10.2. The molecule has 1 atom stereocenters. The van der Waals surface area contributed by atoms with Crippen LogP contribution in [0.3, 0.4) is 0 Å². The first kappa shape index (κ1) is 21.2. The number of hydrogen-bond donors (Lipinski definition) is 2. The molecule has 33 heavy (non-hydrogen) atoms. The number of carbonyl (C=O) groups excluding carboxylic acids is 1. The Morgan fingerprint density at radius 2 is 1.85 bits per heavy atom.